The zero-order valence-electron chi connectivity index (χ0n) is 13.5. The van der Waals surface area contributed by atoms with Crippen molar-refractivity contribution >= 4 is 0 Å². The van der Waals surface area contributed by atoms with Gasteiger partial charge < -0.3 is 4.90 Å². The van der Waals surface area contributed by atoms with Crippen LogP contribution < -0.4 is 5.32 Å². The molecule has 0 aromatic heterocycles. The number of piperidine rings is 1. The van der Waals surface area contributed by atoms with Crippen molar-refractivity contribution in [2.75, 3.05) is 20.1 Å². The Morgan fingerprint density at radius 1 is 1.33 bits per heavy atom. The molecule has 0 aliphatic carbocycles. The topological polar surface area (TPSA) is 39.1 Å². The molecule has 0 radical (unpaired) electrons. The molecule has 2 rings (SSSR count). The third-order valence-corrected chi connectivity index (χ3v) is 5.16. The zero-order chi connectivity index (χ0) is 15.3. The van der Waals surface area contributed by atoms with Crippen LogP contribution >= 0.6 is 0 Å². The summed E-state index contributed by atoms with van der Waals surface area (Å²) >= 11 is 0. The molecule has 3 nitrogen and oxygen atoms in total. The molecule has 21 heavy (non-hydrogen) atoms. The first-order valence-electron chi connectivity index (χ1n) is 8.02. The Bertz CT molecular complexity index is 479. The fourth-order valence-corrected chi connectivity index (χ4v) is 3.36. The molecule has 1 saturated heterocycles. The van der Waals surface area contributed by atoms with Crippen LogP contribution in [-0.2, 0) is 5.54 Å². The molecule has 114 valence electrons. The van der Waals surface area contributed by atoms with Crippen molar-refractivity contribution in [3.8, 4) is 6.07 Å². The van der Waals surface area contributed by atoms with Gasteiger partial charge in [-0.1, -0.05) is 37.3 Å². The lowest BCUT2D eigenvalue weighted by atomic mass is 9.86. The van der Waals surface area contributed by atoms with Crippen LogP contribution in [0.2, 0.25) is 0 Å². The molecule has 1 heterocycles. The number of hydrogen-bond donors (Lipinski definition) is 1. The van der Waals surface area contributed by atoms with Gasteiger partial charge in [-0.05, 0) is 51.3 Å². The normalized spacial score (nSPS) is 26.0. The van der Waals surface area contributed by atoms with E-state index in [0.29, 0.717) is 6.04 Å². The molecular weight excluding hydrogens is 258 g/mol. The van der Waals surface area contributed by atoms with E-state index in [1.54, 1.807) is 0 Å². The maximum atomic E-state index is 9.75. The second-order valence-corrected chi connectivity index (χ2v) is 6.28. The van der Waals surface area contributed by atoms with E-state index in [4.69, 9.17) is 0 Å². The predicted molar refractivity (Wildman–Crippen MR) is 86.8 cm³/mol. The van der Waals surface area contributed by atoms with Gasteiger partial charge in [0.05, 0.1) is 6.07 Å². The van der Waals surface area contributed by atoms with E-state index in [1.807, 2.05) is 37.4 Å². The Hall–Kier alpha value is -1.37. The van der Waals surface area contributed by atoms with Crippen LogP contribution in [0, 0.1) is 17.2 Å². The lowest BCUT2D eigenvalue weighted by molar-refractivity contribution is 0.105. The van der Waals surface area contributed by atoms with E-state index in [0.717, 1.165) is 31.0 Å². The molecule has 0 spiro atoms. The summed E-state index contributed by atoms with van der Waals surface area (Å²) in [5.74, 6) is 0.751. The van der Waals surface area contributed by atoms with Crippen LogP contribution in [0.4, 0.5) is 0 Å². The summed E-state index contributed by atoms with van der Waals surface area (Å²) in [5.41, 5.74) is 0.481. The summed E-state index contributed by atoms with van der Waals surface area (Å²) in [4.78, 5) is 2.54. The fourth-order valence-electron chi connectivity index (χ4n) is 3.36. The van der Waals surface area contributed by atoms with Gasteiger partial charge >= 0.3 is 0 Å². The van der Waals surface area contributed by atoms with Crippen molar-refractivity contribution in [2.24, 2.45) is 5.92 Å². The minimum Gasteiger partial charge on any atom is -0.300 e. The number of nitrogens with one attached hydrogen (secondary N) is 1. The highest BCUT2D eigenvalue weighted by atomic mass is 15.2. The van der Waals surface area contributed by atoms with Gasteiger partial charge in [-0.3, -0.25) is 5.32 Å². The molecule has 3 heteroatoms. The smallest absolute Gasteiger partial charge is 0.133 e. The van der Waals surface area contributed by atoms with Gasteiger partial charge in [0.25, 0.3) is 0 Å². The van der Waals surface area contributed by atoms with Gasteiger partial charge in [-0.2, -0.15) is 5.26 Å². The maximum Gasteiger partial charge on any atom is 0.133 e. The molecule has 0 bridgehead atoms. The minimum absolute atomic E-state index is 0.582. The fraction of sp³-hybridized carbons (Fsp3) is 0.611. The van der Waals surface area contributed by atoms with Gasteiger partial charge in [0.15, 0.2) is 0 Å². The Morgan fingerprint density at radius 2 is 2.05 bits per heavy atom. The number of nitrogens with zero attached hydrogens (tertiary/aromatic N) is 2. The molecule has 1 aliphatic heterocycles. The molecule has 0 amide bonds. The van der Waals surface area contributed by atoms with E-state index < -0.39 is 5.54 Å². The molecule has 1 aromatic carbocycles. The van der Waals surface area contributed by atoms with Crippen molar-refractivity contribution in [3.05, 3.63) is 35.9 Å². The van der Waals surface area contributed by atoms with Crippen molar-refractivity contribution in [1.82, 2.24) is 10.2 Å². The number of hydrogen-bond acceptors (Lipinski definition) is 3. The van der Waals surface area contributed by atoms with E-state index >= 15 is 0 Å². The molecule has 1 aromatic rings. The van der Waals surface area contributed by atoms with Crippen LogP contribution in [-0.4, -0.2) is 31.1 Å². The molecule has 3 atom stereocenters. The number of rotatable bonds is 5. The second kappa shape index (κ2) is 7.06. The lowest BCUT2D eigenvalue weighted by Gasteiger charge is -2.39. The highest BCUT2D eigenvalue weighted by Crippen LogP contribution is 2.28. The quantitative estimate of drug-likeness (QED) is 0.903. The minimum atomic E-state index is -0.582. The van der Waals surface area contributed by atoms with Crippen LogP contribution in [0.15, 0.2) is 30.3 Å². The van der Waals surface area contributed by atoms with E-state index in [9.17, 15) is 5.26 Å². The van der Waals surface area contributed by atoms with Crippen molar-refractivity contribution in [3.63, 3.8) is 0 Å². The van der Waals surface area contributed by atoms with Crippen LogP contribution in [0.5, 0.6) is 0 Å². The van der Waals surface area contributed by atoms with Gasteiger partial charge in [0, 0.05) is 12.6 Å². The molecule has 1 N–H and O–H groups in total. The number of nitriles is 1. The Kier molecular flexibility index (Phi) is 5.39. The average Bonchev–Trinajstić information content (AvgIpc) is 2.53. The third kappa shape index (κ3) is 3.45. The lowest BCUT2D eigenvalue weighted by Crippen LogP contribution is -2.47. The molecular formula is C18H27N3. The molecule has 3 unspecified atom stereocenters. The summed E-state index contributed by atoms with van der Waals surface area (Å²) in [5, 5.41) is 13.0. The summed E-state index contributed by atoms with van der Waals surface area (Å²) in [6, 6.07) is 13.2. The average molecular weight is 285 g/mol. The molecule has 1 fully saturated rings. The zero-order valence-corrected chi connectivity index (χ0v) is 13.5. The van der Waals surface area contributed by atoms with Gasteiger partial charge in [0.1, 0.15) is 5.54 Å². The highest BCUT2D eigenvalue weighted by Gasteiger charge is 2.32. The largest absolute Gasteiger partial charge is 0.300 e. The Labute approximate surface area is 129 Å². The summed E-state index contributed by atoms with van der Waals surface area (Å²) < 4.78 is 0. The standard InChI is InChI=1S/C18H27N3/c1-15-8-7-12-21(16(15)2)13-11-18(14-19,20-3)17-9-5-4-6-10-17/h4-6,9-10,15-16,20H,7-8,11-13H2,1-3H3. The van der Waals surface area contributed by atoms with Crippen LogP contribution in [0.1, 0.15) is 38.7 Å². The highest BCUT2D eigenvalue weighted by molar-refractivity contribution is 5.31. The first kappa shape index (κ1) is 16.0. The van der Waals surface area contributed by atoms with Gasteiger partial charge in [-0.25, -0.2) is 0 Å². The first-order chi connectivity index (χ1) is 10.1. The second-order valence-electron chi connectivity index (χ2n) is 6.28. The molecule has 0 saturated carbocycles. The third-order valence-electron chi connectivity index (χ3n) is 5.16. The monoisotopic (exact) mass is 285 g/mol. The first-order valence-corrected chi connectivity index (χ1v) is 8.02. The van der Waals surface area contributed by atoms with Crippen LogP contribution in [0.3, 0.4) is 0 Å². The van der Waals surface area contributed by atoms with Gasteiger partial charge in [0.2, 0.25) is 0 Å². The molecule has 1 aliphatic rings. The summed E-state index contributed by atoms with van der Waals surface area (Å²) in [7, 11) is 1.89. The van der Waals surface area contributed by atoms with E-state index in [1.165, 1.54) is 12.8 Å². The summed E-state index contributed by atoms with van der Waals surface area (Å²) in [6.07, 6.45) is 3.42. The number of likely N-dealkylation sites (tertiary alicyclic amines) is 1. The van der Waals surface area contributed by atoms with Crippen molar-refractivity contribution in [1.29, 1.82) is 5.26 Å². The van der Waals surface area contributed by atoms with Crippen molar-refractivity contribution in [2.45, 2.75) is 44.7 Å². The maximum absolute atomic E-state index is 9.75. The predicted octanol–water partition coefficient (Wildman–Crippen LogP) is 3.14. The Balaban J connectivity index is 2.09. The van der Waals surface area contributed by atoms with Crippen LogP contribution in [0.25, 0.3) is 0 Å². The van der Waals surface area contributed by atoms with Crippen molar-refractivity contribution < 1.29 is 0 Å². The summed E-state index contributed by atoms with van der Waals surface area (Å²) in [6.45, 7) is 6.78. The van der Waals surface area contributed by atoms with E-state index in [2.05, 4.69) is 30.1 Å². The van der Waals surface area contributed by atoms with Gasteiger partial charge in [-0.15, -0.1) is 0 Å². The van der Waals surface area contributed by atoms with E-state index in [-0.39, 0.29) is 0 Å². The Morgan fingerprint density at radius 3 is 2.67 bits per heavy atom. The SMILES string of the molecule is CNC(C#N)(CCN1CCCC(C)C1C)c1ccccc1. The number of benzene rings is 1.